The van der Waals surface area contributed by atoms with Crippen molar-refractivity contribution in [1.29, 1.82) is 0 Å². The van der Waals surface area contributed by atoms with Gasteiger partial charge >= 0.3 is 0 Å². The van der Waals surface area contributed by atoms with Crippen molar-refractivity contribution in [2.24, 2.45) is 0 Å². The quantitative estimate of drug-likeness (QED) is 0.634. The van der Waals surface area contributed by atoms with Crippen molar-refractivity contribution in [3.63, 3.8) is 0 Å². The third kappa shape index (κ3) is 1.80. The van der Waals surface area contributed by atoms with Crippen molar-refractivity contribution in [2.45, 2.75) is 4.90 Å². The molecule has 0 fully saturated rings. The van der Waals surface area contributed by atoms with Gasteiger partial charge in [-0.3, -0.25) is 0 Å². The van der Waals surface area contributed by atoms with Crippen LogP contribution in [0.4, 0.5) is 0 Å². The monoisotopic (exact) mass is 322 g/mol. The summed E-state index contributed by atoms with van der Waals surface area (Å²) in [5.74, 6) is 0.387. The Hall–Kier alpha value is 0.0600. The predicted octanol–water partition coefficient (Wildman–Crippen LogP) is 3.93. The van der Waals surface area contributed by atoms with Crippen molar-refractivity contribution in [1.82, 2.24) is 0 Å². The molecule has 1 aromatic heterocycles. The lowest BCUT2D eigenvalue weighted by Gasteiger charge is -1.99. The van der Waals surface area contributed by atoms with Crippen molar-refractivity contribution in [3.8, 4) is 5.75 Å². The summed E-state index contributed by atoms with van der Waals surface area (Å²) in [5.41, 5.74) is 0. The van der Waals surface area contributed by atoms with E-state index in [1.165, 1.54) is 8.27 Å². The standard InChI is InChI=1S/C9H7IOS2/c1-12-8-2-5-3-9(10)13-7(5)4-6(8)11/h2-4,11H,1H3. The average molecular weight is 322 g/mol. The lowest BCUT2D eigenvalue weighted by Crippen LogP contribution is -1.71. The summed E-state index contributed by atoms with van der Waals surface area (Å²) < 4.78 is 2.41. The number of hydrogen-bond donors (Lipinski definition) is 1. The summed E-state index contributed by atoms with van der Waals surface area (Å²) in [5, 5.41) is 10.8. The second-order valence-electron chi connectivity index (χ2n) is 2.61. The van der Waals surface area contributed by atoms with Crippen molar-refractivity contribution >= 4 is 55.8 Å². The van der Waals surface area contributed by atoms with E-state index in [1.807, 2.05) is 18.4 Å². The number of hydrogen-bond acceptors (Lipinski definition) is 3. The molecular formula is C9H7IOS2. The van der Waals surface area contributed by atoms with Crippen LogP contribution in [0.2, 0.25) is 0 Å². The molecule has 0 aliphatic rings. The van der Waals surface area contributed by atoms with Gasteiger partial charge in [-0.2, -0.15) is 0 Å². The zero-order valence-corrected chi connectivity index (χ0v) is 10.7. The van der Waals surface area contributed by atoms with Crippen LogP contribution in [0.1, 0.15) is 0 Å². The lowest BCUT2D eigenvalue weighted by atomic mass is 10.2. The van der Waals surface area contributed by atoms with E-state index in [1.54, 1.807) is 23.1 Å². The van der Waals surface area contributed by atoms with Gasteiger partial charge in [0.15, 0.2) is 0 Å². The molecule has 0 aliphatic carbocycles. The highest BCUT2D eigenvalue weighted by Gasteiger charge is 2.05. The molecule has 0 atom stereocenters. The van der Waals surface area contributed by atoms with Gasteiger partial charge in [-0.25, -0.2) is 0 Å². The highest BCUT2D eigenvalue weighted by Crippen LogP contribution is 2.35. The topological polar surface area (TPSA) is 20.2 Å². The largest absolute Gasteiger partial charge is 0.507 e. The van der Waals surface area contributed by atoms with Crippen LogP contribution in [0.5, 0.6) is 5.75 Å². The van der Waals surface area contributed by atoms with Crippen LogP contribution in [-0.4, -0.2) is 11.4 Å². The molecule has 2 rings (SSSR count). The molecule has 0 bridgehead atoms. The maximum atomic E-state index is 9.60. The summed E-state index contributed by atoms with van der Waals surface area (Å²) in [6.07, 6.45) is 1.97. The first kappa shape index (κ1) is 9.61. The zero-order valence-electron chi connectivity index (χ0n) is 6.87. The molecule has 1 nitrogen and oxygen atoms in total. The van der Waals surface area contributed by atoms with Crippen LogP contribution in [0.25, 0.3) is 10.1 Å². The Kier molecular flexibility index (Phi) is 2.71. The Morgan fingerprint density at radius 3 is 2.85 bits per heavy atom. The summed E-state index contributed by atoms with van der Waals surface area (Å²) in [6.45, 7) is 0. The summed E-state index contributed by atoms with van der Waals surface area (Å²) in [6, 6.07) is 6.02. The Bertz CT molecular complexity index is 450. The number of aromatic hydroxyl groups is 1. The first-order chi connectivity index (χ1) is 6.20. The Labute approximate surface area is 98.3 Å². The molecule has 13 heavy (non-hydrogen) atoms. The lowest BCUT2D eigenvalue weighted by molar-refractivity contribution is 0.463. The molecule has 0 unspecified atom stereocenters. The van der Waals surface area contributed by atoms with E-state index in [9.17, 15) is 5.11 Å². The molecule has 0 amide bonds. The van der Waals surface area contributed by atoms with Gasteiger partial charge in [0, 0.05) is 9.60 Å². The van der Waals surface area contributed by atoms with Gasteiger partial charge in [-0.1, -0.05) is 0 Å². The molecule has 2 aromatic rings. The SMILES string of the molecule is CSc1cc2cc(I)sc2cc1O. The van der Waals surface area contributed by atoms with Gasteiger partial charge in [-0.15, -0.1) is 23.1 Å². The highest BCUT2D eigenvalue weighted by atomic mass is 127. The smallest absolute Gasteiger partial charge is 0.130 e. The number of thioether (sulfide) groups is 1. The van der Waals surface area contributed by atoms with Crippen molar-refractivity contribution < 1.29 is 5.11 Å². The molecule has 1 aromatic carbocycles. The fraction of sp³-hybridized carbons (Fsp3) is 0.111. The van der Waals surface area contributed by atoms with Crippen LogP contribution in [0.15, 0.2) is 23.1 Å². The van der Waals surface area contributed by atoms with Crippen LogP contribution in [0.3, 0.4) is 0 Å². The zero-order chi connectivity index (χ0) is 9.42. The molecule has 0 saturated heterocycles. The average Bonchev–Trinajstić information content (AvgIpc) is 2.42. The van der Waals surface area contributed by atoms with Crippen LogP contribution in [-0.2, 0) is 0 Å². The van der Waals surface area contributed by atoms with Crippen LogP contribution < -0.4 is 0 Å². The number of rotatable bonds is 1. The predicted molar refractivity (Wildman–Crippen MR) is 68.0 cm³/mol. The molecular weight excluding hydrogens is 315 g/mol. The van der Waals surface area contributed by atoms with E-state index in [-0.39, 0.29) is 0 Å². The fourth-order valence-electron chi connectivity index (χ4n) is 1.19. The van der Waals surface area contributed by atoms with E-state index >= 15 is 0 Å². The maximum absolute atomic E-state index is 9.60. The Morgan fingerprint density at radius 1 is 1.38 bits per heavy atom. The molecule has 1 heterocycles. The third-order valence-electron chi connectivity index (χ3n) is 1.79. The van der Waals surface area contributed by atoms with Crippen LogP contribution in [0, 0.1) is 2.88 Å². The minimum Gasteiger partial charge on any atom is -0.507 e. The number of benzene rings is 1. The third-order valence-corrected chi connectivity index (χ3v) is 4.41. The Morgan fingerprint density at radius 2 is 2.15 bits per heavy atom. The molecule has 4 heteroatoms. The van der Waals surface area contributed by atoms with E-state index in [4.69, 9.17) is 0 Å². The van der Waals surface area contributed by atoms with E-state index in [0.29, 0.717) is 5.75 Å². The number of phenolic OH excluding ortho intramolecular Hbond substituents is 1. The van der Waals surface area contributed by atoms with E-state index in [2.05, 4.69) is 28.7 Å². The van der Waals surface area contributed by atoms with Gasteiger partial charge in [0.05, 0.1) is 2.88 Å². The first-order valence-electron chi connectivity index (χ1n) is 3.67. The number of thiophene rings is 1. The maximum Gasteiger partial charge on any atom is 0.130 e. The first-order valence-corrected chi connectivity index (χ1v) is 6.79. The normalized spacial score (nSPS) is 10.9. The fourth-order valence-corrected chi connectivity index (χ4v) is 3.55. The number of fused-ring (bicyclic) bond motifs is 1. The molecule has 0 aliphatic heterocycles. The number of phenols is 1. The van der Waals surface area contributed by atoms with Gasteiger partial charge < -0.3 is 5.11 Å². The summed E-state index contributed by atoms with van der Waals surface area (Å²) >= 11 is 5.57. The number of halogens is 1. The van der Waals surface area contributed by atoms with E-state index in [0.717, 1.165) is 9.60 Å². The van der Waals surface area contributed by atoms with Gasteiger partial charge in [-0.05, 0) is 52.4 Å². The highest BCUT2D eigenvalue weighted by molar-refractivity contribution is 14.1. The minimum absolute atomic E-state index is 0.387. The molecule has 68 valence electrons. The van der Waals surface area contributed by atoms with Crippen molar-refractivity contribution in [3.05, 3.63) is 21.1 Å². The summed E-state index contributed by atoms with van der Waals surface area (Å²) in [4.78, 5) is 0.946. The minimum atomic E-state index is 0.387. The van der Waals surface area contributed by atoms with Gasteiger partial charge in [0.2, 0.25) is 0 Å². The molecule has 1 N–H and O–H groups in total. The van der Waals surface area contributed by atoms with Gasteiger partial charge in [0.1, 0.15) is 5.75 Å². The molecule has 0 saturated carbocycles. The Balaban J connectivity index is 2.72. The van der Waals surface area contributed by atoms with Crippen LogP contribution >= 0.6 is 45.7 Å². The van der Waals surface area contributed by atoms with Gasteiger partial charge in [0.25, 0.3) is 0 Å². The molecule has 0 spiro atoms. The van der Waals surface area contributed by atoms with E-state index < -0.39 is 0 Å². The second kappa shape index (κ2) is 3.67. The summed E-state index contributed by atoms with van der Waals surface area (Å²) in [7, 11) is 0. The molecule has 0 radical (unpaired) electrons. The van der Waals surface area contributed by atoms with Crippen molar-refractivity contribution in [2.75, 3.05) is 6.26 Å². The second-order valence-corrected chi connectivity index (χ2v) is 6.44.